The minimum absolute atomic E-state index is 0.117. The molecule has 0 bridgehead atoms. The summed E-state index contributed by atoms with van der Waals surface area (Å²) in [6.07, 6.45) is 37.8. The van der Waals surface area contributed by atoms with Crippen LogP contribution in [0.15, 0.2) is 29.4 Å². The van der Waals surface area contributed by atoms with Gasteiger partial charge in [0, 0.05) is 37.8 Å². The summed E-state index contributed by atoms with van der Waals surface area (Å²) in [6.45, 7) is 2.94. The second-order valence-corrected chi connectivity index (χ2v) is 21.6. The Morgan fingerprint density at radius 2 is 1.07 bits per heavy atom. The van der Waals surface area contributed by atoms with Gasteiger partial charge in [0.1, 0.15) is 11.6 Å². The number of esters is 2. The number of hydrogen-bond donors (Lipinski definition) is 3. The van der Waals surface area contributed by atoms with Crippen molar-refractivity contribution in [2.75, 3.05) is 38.7 Å². The highest BCUT2D eigenvalue weighted by atomic mass is 33.1. The van der Waals surface area contributed by atoms with Crippen molar-refractivity contribution in [1.29, 1.82) is 0 Å². The summed E-state index contributed by atoms with van der Waals surface area (Å²) >= 11 is 0. The smallest absolute Gasteiger partial charge is 0.462 e. The Hall–Kier alpha value is -2.16. The van der Waals surface area contributed by atoms with Crippen LogP contribution < -0.4 is 10.6 Å². The van der Waals surface area contributed by atoms with E-state index in [-0.39, 0.29) is 51.5 Å². The largest absolute Gasteiger partial charge is 0.472 e. The van der Waals surface area contributed by atoms with Gasteiger partial charge in [-0.2, -0.15) is 0 Å². The number of carbonyl (C=O) groups is 4. The molecule has 0 saturated heterocycles. The fraction of sp³-hybridized carbons (Fsp3) is 0.824. The molecule has 0 aliphatic carbocycles. The van der Waals surface area contributed by atoms with Crippen molar-refractivity contribution in [2.45, 2.75) is 237 Å². The van der Waals surface area contributed by atoms with E-state index in [1.807, 2.05) is 18.2 Å². The number of pyridine rings is 1. The molecule has 388 valence electrons. The standard InChI is InChI=1S/C51H92N3O10PS2/c1-3-5-7-9-11-13-15-17-19-21-23-25-27-29-31-36-50(57)61-44-46(64-51(58)37-32-30-28-26-24-22-20-18-16-14-12-10-8-6-4-2)45-63-65(59,60)62-41-40-52-48(56)43-54-47(55)38-42-66-67-49-35-33-34-39-53-49/h33-35,39,46H,3-32,36-38,40-45H2,1-2H3,(H,52,56)(H,54,55)(H,59,60)/t46-/m1/s1. The Balaban J connectivity index is 2.37. The van der Waals surface area contributed by atoms with E-state index in [1.165, 1.54) is 163 Å². The Labute approximate surface area is 414 Å². The summed E-state index contributed by atoms with van der Waals surface area (Å²) in [5.41, 5.74) is 0. The molecule has 67 heavy (non-hydrogen) atoms. The number of rotatable bonds is 49. The van der Waals surface area contributed by atoms with E-state index in [4.69, 9.17) is 18.5 Å². The highest BCUT2D eigenvalue weighted by Gasteiger charge is 2.26. The zero-order valence-corrected chi connectivity index (χ0v) is 44.3. The number of phosphoric acid groups is 1. The first kappa shape index (κ1) is 62.9. The van der Waals surface area contributed by atoms with Crippen LogP contribution in [0.25, 0.3) is 0 Å². The Bertz CT molecular complexity index is 1400. The number of unbranched alkanes of at least 4 members (excludes halogenated alkanes) is 28. The van der Waals surface area contributed by atoms with E-state index in [0.717, 1.165) is 43.6 Å². The molecular formula is C51H92N3O10PS2. The molecule has 0 aliphatic rings. The molecule has 0 radical (unpaired) electrons. The van der Waals surface area contributed by atoms with Gasteiger partial charge >= 0.3 is 19.8 Å². The fourth-order valence-corrected chi connectivity index (χ4v) is 10.0. The number of aromatic nitrogens is 1. The van der Waals surface area contributed by atoms with Crippen molar-refractivity contribution in [3.8, 4) is 0 Å². The maximum absolute atomic E-state index is 12.8. The van der Waals surface area contributed by atoms with E-state index >= 15 is 0 Å². The summed E-state index contributed by atoms with van der Waals surface area (Å²) in [5.74, 6) is -1.15. The average Bonchev–Trinajstić information content (AvgIpc) is 3.32. The van der Waals surface area contributed by atoms with Crippen molar-refractivity contribution in [3.63, 3.8) is 0 Å². The number of carbonyl (C=O) groups excluding carboxylic acids is 4. The lowest BCUT2D eigenvalue weighted by molar-refractivity contribution is -0.161. The van der Waals surface area contributed by atoms with Crippen molar-refractivity contribution < 1.29 is 47.2 Å². The first-order valence-electron chi connectivity index (χ1n) is 26.4. The highest BCUT2D eigenvalue weighted by Crippen LogP contribution is 2.43. The molecule has 2 atom stereocenters. The van der Waals surface area contributed by atoms with Gasteiger partial charge in [-0.05, 0) is 35.8 Å². The third-order valence-corrected chi connectivity index (χ3v) is 14.7. The fourth-order valence-electron chi connectivity index (χ4n) is 7.43. The molecule has 0 fully saturated rings. The van der Waals surface area contributed by atoms with Gasteiger partial charge in [0.25, 0.3) is 0 Å². The molecule has 1 aromatic rings. The second-order valence-electron chi connectivity index (χ2n) is 17.7. The van der Waals surface area contributed by atoms with E-state index in [0.29, 0.717) is 18.6 Å². The lowest BCUT2D eigenvalue weighted by Crippen LogP contribution is -2.38. The van der Waals surface area contributed by atoms with Gasteiger partial charge in [-0.15, -0.1) is 0 Å². The number of amides is 2. The van der Waals surface area contributed by atoms with E-state index in [9.17, 15) is 28.6 Å². The molecule has 1 unspecified atom stereocenters. The third-order valence-electron chi connectivity index (χ3n) is 11.4. The molecule has 3 N–H and O–H groups in total. The third kappa shape index (κ3) is 43.6. The normalized spacial score (nSPS) is 12.6. The number of phosphoric ester groups is 1. The van der Waals surface area contributed by atoms with Gasteiger partial charge in [0.05, 0.1) is 19.8 Å². The molecule has 0 aromatic carbocycles. The first-order valence-corrected chi connectivity index (χ1v) is 30.2. The van der Waals surface area contributed by atoms with Gasteiger partial charge in [0.2, 0.25) is 11.8 Å². The van der Waals surface area contributed by atoms with Crippen LogP contribution in [0.2, 0.25) is 0 Å². The molecule has 0 spiro atoms. The monoisotopic (exact) mass is 1000 g/mol. The summed E-state index contributed by atoms with van der Waals surface area (Å²) in [4.78, 5) is 64.3. The van der Waals surface area contributed by atoms with E-state index < -0.39 is 38.4 Å². The number of ether oxygens (including phenoxy) is 2. The minimum atomic E-state index is -4.63. The van der Waals surface area contributed by atoms with Gasteiger partial charge < -0.3 is 25.0 Å². The zero-order valence-electron chi connectivity index (χ0n) is 41.8. The average molecular weight is 1000 g/mol. The van der Waals surface area contributed by atoms with Crippen LogP contribution >= 0.6 is 29.4 Å². The Morgan fingerprint density at radius 1 is 0.597 bits per heavy atom. The van der Waals surface area contributed by atoms with Crippen LogP contribution in [0, 0.1) is 0 Å². The molecule has 13 nitrogen and oxygen atoms in total. The van der Waals surface area contributed by atoms with Crippen LogP contribution in [-0.2, 0) is 42.3 Å². The van der Waals surface area contributed by atoms with Gasteiger partial charge in [0.15, 0.2) is 6.10 Å². The zero-order chi connectivity index (χ0) is 48.7. The number of nitrogens with zero attached hydrogens (tertiary/aromatic N) is 1. The molecule has 2 amide bonds. The maximum atomic E-state index is 12.8. The van der Waals surface area contributed by atoms with E-state index in [1.54, 1.807) is 6.20 Å². The van der Waals surface area contributed by atoms with Crippen LogP contribution in [0.5, 0.6) is 0 Å². The molecule has 0 aliphatic heterocycles. The van der Waals surface area contributed by atoms with E-state index in [2.05, 4.69) is 29.5 Å². The maximum Gasteiger partial charge on any atom is 0.472 e. The van der Waals surface area contributed by atoms with Gasteiger partial charge in [-0.3, -0.25) is 28.2 Å². The summed E-state index contributed by atoms with van der Waals surface area (Å²) in [5, 5.41) is 5.90. The van der Waals surface area contributed by atoms with Gasteiger partial charge in [-0.1, -0.05) is 210 Å². The number of hydrogen-bond acceptors (Lipinski definition) is 12. The molecular weight excluding hydrogens is 910 g/mol. The second kappa shape index (κ2) is 46.2. The molecule has 16 heteroatoms. The Morgan fingerprint density at radius 3 is 1.55 bits per heavy atom. The Kier molecular flexibility index (Phi) is 43.4. The lowest BCUT2D eigenvalue weighted by atomic mass is 10.0. The van der Waals surface area contributed by atoms with Crippen molar-refractivity contribution in [3.05, 3.63) is 24.4 Å². The van der Waals surface area contributed by atoms with Crippen LogP contribution in [0.3, 0.4) is 0 Å². The van der Waals surface area contributed by atoms with Crippen molar-refractivity contribution >= 4 is 53.2 Å². The predicted molar refractivity (Wildman–Crippen MR) is 275 cm³/mol. The first-order chi connectivity index (χ1) is 32.6. The summed E-state index contributed by atoms with van der Waals surface area (Å²) in [6, 6.07) is 5.60. The van der Waals surface area contributed by atoms with Gasteiger partial charge in [-0.25, -0.2) is 9.55 Å². The minimum Gasteiger partial charge on any atom is -0.462 e. The topological polar surface area (TPSA) is 179 Å². The number of nitrogens with one attached hydrogen (secondary N) is 2. The molecule has 1 heterocycles. The van der Waals surface area contributed by atoms with Crippen LogP contribution in [0.4, 0.5) is 0 Å². The molecule has 1 rings (SSSR count). The summed E-state index contributed by atoms with van der Waals surface area (Å²) in [7, 11) is -1.67. The highest BCUT2D eigenvalue weighted by molar-refractivity contribution is 8.76. The molecule has 0 saturated carbocycles. The van der Waals surface area contributed by atoms with Crippen molar-refractivity contribution in [2.24, 2.45) is 0 Å². The van der Waals surface area contributed by atoms with Crippen molar-refractivity contribution in [1.82, 2.24) is 15.6 Å². The lowest BCUT2D eigenvalue weighted by Gasteiger charge is -2.20. The molecule has 1 aromatic heterocycles. The van der Waals surface area contributed by atoms with Crippen LogP contribution in [0.1, 0.15) is 226 Å². The summed E-state index contributed by atoms with van der Waals surface area (Å²) < 4.78 is 33.9. The van der Waals surface area contributed by atoms with Crippen LogP contribution in [-0.4, -0.2) is 78.4 Å². The predicted octanol–water partition coefficient (Wildman–Crippen LogP) is 13.6. The SMILES string of the molecule is CCCCCCCCCCCCCCCCCC(=O)OC[C@H](COP(=O)(O)OCCNC(=O)CNC(=O)CCSSc1ccccn1)OC(=O)CCCCCCCCCCCCCCCCC. The quantitative estimate of drug-likeness (QED) is 0.0243.